The van der Waals surface area contributed by atoms with Crippen LogP contribution in [0.3, 0.4) is 0 Å². The maximum absolute atomic E-state index is 8.73. The van der Waals surface area contributed by atoms with Gasteiger partial charge in [0.25, 0.3) is 0 Å². The minimum Gasteiger partial charge on any atom is -0.296 e. The molecular formula is C14H18N2. The first kappa shape index (κ1) is 11.2. The van der Waals surface area contributed by atoms with Crippen molar-refractivity contribution < 1.29 is 0 Å². The van der Waals surface area contributed by atoms with Crippen LogP contribution in [0.1, 0.15) is 37.3 Å². The first-order chi connectivity index (χ1) is 7.83. The van der Waals surface area contributed by atoms with Gasteiger partial charge >= 0.3 is 0 Å². The molecule has 2 nitrogen and oxygen atoms in total. The van der Waals surface area contributed by atoms with Crippen LogP contribution in [-0.4, -0.2) is 17.5 Å². The molecule has 1 aromatic rings. The number of nitrogens with zero attached hydrogens (tertiary/aromatic N) is 2. The van der Waals surface area contributed by atoms with Crippen LogP contribution in [0.15, 0.2) is 24.3 Å². The van der Waals surface area contributed by atoms with E-state index in [0.29, 0.717) is 0 Å². The van der Waals surface area contributed by atoms with Crippen molar-refractivity contribution in [1.82, 2.24) is 4.90 Å². The van der Waals surface area contributed by atoms with E-state index in [1.807, 2.05) is 12.1 Å². The summed E-state index contributed by atoms with van der Waals surface area (Å²) >= 11 is 0. The fraction of sp³-hybridized carbons (Fsp3) is 0.500. The lowest BCUT2D eigenvalue weighted by Crippen LogP contribution is -2.28. The summed E-state index contributed by atoms with van der Waals surface area (Å²) in [4.78, 5) is 2.56. The minimum absolute atomic E-state index is 0.747. The number of nitriles is 1. The van der Waals surface area contributed by atoms with Gasteiger partial charge in [-0.2, -0.15) is 5.26 Å². The van der Waals surface area contributed by atoms with E-state index in [9.17, 15) is 0 Å². The maximum atomic E-state index is 8.73. The third kappa shape index (κ3) is 2.43. The molecule has 1 fully saturated rings. The third-order valence-corrected chi connectivity index (χ3v) is 3.44. The van der Waals surface area contributed by atoms with Crippen molar-refractivity contribution in [3.05, 3.63) is 35.4 Å². The lowest BCUT2D eigenvalue weighted by molar-refractivity contribution is 0.240. The van der Waals surface area contributed by atoms with Crippen molar-refractivity contribution >= 4 is 0 Å². The molecule has 1 aromatic carbocycles. The predicted octanol–water partition coefficient (Wildman–Crippen LogP) is 2.93. The summed E-state index contributed by atoms with van der Waals surface area (Å²) < 4.78 is 0. The quantitative estimate of drug-likeness (QED) is 0.773. The highest BCUT2D eigenvalue weighted by Crippen LogP contribution is 2.22. The molecule has 84 valence electrons. The van der Waals surface area contributed by atoms with Gasteiger partial charge in [-0.05, 0) is 43.5 Å². The number of hydrogen-bond donors (Lipinski definition) is 0. The number of hydrogen-bond acceptors (Lipinski definition) is 2. The molecule has 0 N–H and O–H groups in total. The molecule has 1 saturated heterocycles. The van der Waals surface area contributed by atoms with E-state index >= 15 is 0 Å². The van der Waals surface area contributed by atoms with Gasteiger partial charge in [0.2, 0.25) is 0 Å². The van der Waals surface area contributed by atoms with Crippen molar-refractivity contribution in [3.63, 3.8) is 0 Å². The van der Waals surface area contributed by atoms with Crippen LogP contribution in [0, 0.1) is 11.3 Å². The van der Waals surface area contributed by atoms with Gasteiger partial charge in [0.15, 0.2) is 0 Å². The van der Waals surface area contributed by atoms with Gasteiger partial charge in [0.1, 0.15) is 0 Å². The summed E-state index contributed by atoms with van der Waals surface area (Å²) in [7, 11) is 0. The highest BCUT2D eigenvalue weighted by molar-refractivity contribution is 5.31. The second-order valence-electron chi connectivity index (χ2n) is 4.48. The Labute approximate surface area is 97.5 Å². The molecular weight excluding hydrogens is 196 g/mol. The second kappa shape index (κ2) is 5.14. The second-order valence-corrected chi connectivity index (χ2v) is 4.48. The number of rotatable bonds is 3. The molecule has 0 amide bonds. The standard InChI is InChI=1S/C14H18N2/c1-2-14-4-3-9-16(14)11-13-7-5-12(10-15)6-8-13/h5-8,14H,2-4,9,11H2,1H3/t14-/m0/s1. The lowest BCUT2D eigenvalue weighted by Gasteiger charge is -2.23. The summed E-state index contributed by atoms with van der Waals surface area (Å²) in [5.74, 6) is 0. The fourth-order valence-corrected chi connectivity index (χ4v) is 2.48. The molecule has 0 bridgehead atoms. The maximum Gasteiger partial charge on any atom is 0.0991 e. The predicted molar refractivity (Wildman–Crippen MR) is 64.9 cm³/mol. The zero-order valence-corrected chi connectivity index (χ0v) is 9.82. The first-order valence-corrected chi connectivity index (χ1v) is 6.06. The number of benzene rings is 1. The molecule has 1 atom stereocenters. The Hall–Kier alpha value is -1.33. The SMILES string of the molecule is CC[C@H]1CCCN1Cc1ccc(C#N)cc1. The summed E-state index contributed by atoms with van der Waals surface area (Å²) in [5, 5.41) is 8.73. The Morgan fingerprint density at radius 2 is 2.12 bits per heavy atom. The van der Waals surface area contributed by atoms with Gasteiger partial charge in [0, 0.05) is 12.6 Å². The summed E-state index contributed by atoms with van der Waals surface area (Å²) in [6.45, 7) is 4.52. The van der Waals surface area contributed by atoms with Crippen molar-refractivity contribution in [2.75, 3.05) is 6.54 Å². The smallest absolute Gasteiger partial charge is 0.0991 e. The van der Waals surface area contributed by atoms with Crippen molar-refractivity contribution in [1.29, 1.82) is 5.26 Å². The topological polar surface area (TPSA) is 27.0 Å². The molecule has 0 aliphatic carbocycles. The van der Waals surface area contributed by atoms with Gasteiger partial charge in [-0.1, -0.05) is 19.1 Å². The summed E-state index contributed by atoms with van der Waals surface area (Å²) in [6, 6.07) is 10.9. The van der Waals surface area contributed by atoms with E-state index < -0.39 is 0 Å². The van der Waals surface area contributed by atoms with Crippen LogP contribution in [0.2, 0.25) is 0 Å². The van der Waals surface area contributed by atoms with Crippen molar-refractivity contribution in [3.8, 4) is 6.07 Å². The van der Waals surface area contributed by atoms with E-state index in [4.69, 9.17) is 5.26 Å². The van der Waals surface area contributed by atoms with Crippen LogP contribution in [-0.2, 0) is 6.54 Å². The average molecular weight is 214 g/mol. The molecule has 1 aliphatic heterocycles. The largest absolute Gasteiger partial charge is 0.296 e. The zero-order valence-electron chi connectivity index (χ0n) is 9.82. The molecule has 1 heterocycles. The van der Waals surface area contributed by atoms with E-state index in [1.165, 1.54) is 31.4 Å². The van der Waals surface area contributed by atoms with E-state index in [1.54, 1.807) is 0 Å². The van der Waals surface area contributed by atoms with Crippen LogP contribution in [0.4, 0.5) is 0 Å². The summed E-state index contributed by atoms with van der Waals surface area (Å²) in [5.41, 5.74) is 2.07. The molecule has 0 saturated carbocycles. The summed E-state index contributed by atoms with van der Waals surface area (Å²) in [6.07, 6.45) is 3.91. The Morgan fingerprint density at radius 3 is 2.75 bits per heavy atom. The first-order valence-electron chi connectivity index (χ1n) is 6.06. The van der Waals surface area contributed by atoms with Gasteiger partial charge < -0.3 is 0 Å². The number of likely N-dealkylation sites (tertiary alicyclic amines) is 1. The molecule has 0 spiro atoms. The molecule has 16 heavy (non-hydrogen) atoms. The Bertz CT molecular complexity index is 375. The highest BCUT2D eigenvalue weighted by Gasteiger charge is 2.22. The van der Waals surface area contributed by atoms with E-state index in [2.05, 4.69) is 30.0 Å². The van der Waals surface area contributed by atoms with Crippen LogP contribution in [0.25, 0.3) is 0 Å². The van der Waals surface area contributed by atoms with E-state index in [0.717, 1.165) is 18.2 Å². The Kier molecular flexibility index (Phi) is 3.58. The highest BCUT2D eigenvalue weighted by atomic mass is 15.2. The zero-order chi connectivity index (χ0) is 11.4. The fourth-order valence-electron chi connectivity index (χ4n) is 2.48. The van der Waals surface area contributed by atoms with Gasteiger partial charge in [-0.25, -0.2) is 0 Å². The van der Waals surface area contributed by atoms with Crippen LogP contribution in [0.5, 0.6) is 0 Å². The molecule has 0 radical (unpaired) electrons. The van der Waals surface area contributed by atoms with Gasteiger partial charge in [-0.15, -0.1) is 0 Å². The molecule has 0 unspecified atom stereocenters. The van der Waals surface area contributed by atoms with Crippen molar-refractivity contribution in [2.24, 2.45) is 0 Å². The molecule has 0 aromatic heterocycles. The molecule has 2 heteroatoms. The third-order valence-electron chi connectivity index (χ3n) is 3.44. The normalized spacial score (nSPS) is 20.9. The van der Waals surface area contributed by atoms with Crippen molar-refractivity contribution in [2.45, 2.75) is 38.8 Å². The minimum atomic E-state index is 0.747. The van der Waals surface area contributed by atoms with Gasteiger partial charge in [0.05, 0.1) is 11.6 Å². The Morgan fingerprint density at radius 1 is 1.38 bits per heavy atom. The van der Waals surface area contributed by atoms with Crippen LogP contribution < -0.4 is 0 Å². The van der Waals surface area contributed by atoms with Crippen LogP contribution >= 0.6 is 0 Å². The monoisotopic (exact) mass is 214 g/mol. The molecule has 2 rings (SSSR count). The lowest BCUT2D eigenvalue weighted by atomic mass is 10.1. The molecule has 1 aliphatic rings. The van der Waals surface area contributed by atoms with Gasteiger partial charge in [-0.3, -0.25) is 4.90 Å². The average Bonchev–Trinajstić information content (AvgIpc) is 2.77. The Balaban J connectivity index is 2.00. The van der Waals surface area contributed by atoms with E-state index in [-0.39, 0.29) is 0 Å².